The summed E-state index contributed by atoms with van der Waals surface area (Å²) in [4.78, 5) is 19.8. The molecule has 1 atom stereocenters. The van der Waals surface area contributed by atoms with Crippen LogP contribution >= 0.6 is 0 Å². The summed E-state index contributed by atoms with van der Waals surface area (Å²) >= 11 is 0. The number of hydrogen-bond donors (Lipinski definition) is 2. The molecule has 4 rings (SSSR count). The first-order valence-corrected chi connectivity index (χ1v) is 11.6. The topological polar surface area (TPSA) is 109 Å². The molecule has 0 bridgehead atoms. The number of hydrogen-bond acceptors (Lipinski definition) is 5. The van der Waals surface area contributed by atoms with E-state index in [1.165, 1.54) is 6.07 Å². The lowest BCUT2D eigenvalue weighted by Gasteiger charge is -2.18. The van der Waals surface area contributed by atoms with E-state index in [-0.39, 0.29) is 10.8 Å². The van der Waals surface area contributed by atoms with Crippen LogP contribution in [0, 0.1) is 12.8 Å². The van der Waals surface area contributed by atoms with Gasteiger partial charge in [-0.1, -0.05) is 56.3 Å². The third kappa shape index (κ3) is 5.27. The fourth-order valence-corrected chi connectivity index (χ4v) is 4.82. The Morgan fingerprint density at radius 3 is 1.88 bits per heavy atom. The first-order valence-electron chi connectivity index (χ1n) is 10.1. The average Bonchev–Trinajstić information content (AvgIpc) is 2.78. The fourth-order valence-electron chi connectivity index (χ4n) is 3.24. The van der Waals surface area contributed by atoms with E-state index in [1.807, 2.05) is 12.1 Å². The monoisotopic (exact) mass is 451 g/mol. The number of aliphatic carboxylic acids is 1. The van der Waals surface area contributed by atoms with Crippen molar-refractivity contribution in [1.29, 1.82) is 0 Å². The quantitative estimate of drug-likeness (QED) is 0.441. The third-order valence-electron chi connectivity index (χ3n) is 4.94. The Morgan fingerprint density at radius 1 is 0.875 bits per heavy atom. The van der Waals surface area contributed by atoms with Crippen LogP contribution in [0.15, 0.2) is 78.0 Å². The second-order valence-corrected chi connectivity index (χ2v) is 9.34. The van der Waals surface area contributed by atoms with Crippen molar-refractivity contribution in [2.45, 2.75) is 31.7 Å². The minimum Gasteiger partial charge on any atom is -0.480 e. The van der Waals surface area contributed by atoms with E-state index in [9.17, 15) is 13.2 Å². The normalized spacial score (nSPS) is 12.4. The first kappa shape index (κ1) is 23.3. The Hall–Kier alpha value is -3.36. The molecule has 4 aromatic rings. The van der Waals surface area contributed by atoms with E-state index in [4.69, 9.17) is 5.11 Å². The van der Waals surface area contributed by atoms with Gasteiger partial charge in [-0.15, -0.1) is 0 Å². The van der Waals surface area contributed by atoms with E-state index in [0.717, 1.165) is 21.8 Å². The summed E-state index contributed by atoms with van der Waals surface area (Å²) in [6.45, 7) is 4.97. The summed E-state index contributed by atoms with van der Waals surface area (Å²) < 4.78 is 26.4. The number of nitrogens with one attached hydrogen (secondary N) is 1. The van der Waals surface area contributed by atoms with E-state index in [2.05, 4.69) is 39.0 Å². The lowest BCUT2D eigenvalue weighted by atomic mass is 10.1. The largest absolute Gasteiger partial charge is 0.480 e. The lowest BCUT2D eigenvalue weighted by Crippen LogP contribution is -2.44. The first-order chi connectivity index (χ1) is 15.2. The number of carboxylic acids is 1. The maximum absolute atomic E-state index is 12.1. The standard InChI is InChI=1S/C12H8N2.C12H17NO4S/c1-3-9-5-6-10-4-2-8-14-12(10)11(9)13-7-1;1-8(2)11(12(14)15)13-18(16,17)10-7-5-4-6-9(10)3/h1-8H;4-8,11,13H,1-3H3,(H,14,15). The molecule has 0 fully saturated rings. The maximum Gasteiger partial charge on any atom is 0.322 e. The van der Waals surface area contributed by atoms with Crippen LogP contribution in [0.2, 0.25) is 0 Å². The van der Waals surface area contributed by atoms with Crippen LogP contribution in [0.25, 0.3) is 21.8 Å². The number of nitrogens with zero attached hydrogens (tertiary/aromatic N) is 2. The number of pyridine rings is 2. The zero-order chi connectivity index (χ0) is 23.3. The summed E-state index contributed by atoms with van der Waals surface area (Å²) in [6.07, 6.45) is 3.60. The molecule has 0 aliphatic carbocycles. The zero-order valence-electron chi connectivity index (χ0n) is 18.1. The molecule has 0 amide bonds. The molecule has 0 saturated heterocycles. The Labute approximate surface area is 187 Å². The van der Waals surface area contributed by atoms with Gasteiger partial charge in [0.15, 0.2) is 0 Å². The van der Waals surface area contributed by atoms with Gasteiger partial charge < -0.3 is 5.11 Å². The van der Waals surface area contributed by atoms with Crippen LogP contribution in [0.5, 0.6) is 0 Å². The van der Waals surface area contributed by atoms with Crippen molar-refractivity contribution < 1.29 is 18.3 Å². The van der Waals surface area contributed by atoms with Crippen molar-refractivity contribution >= 4 is 37.8 Å². The van der Waals surface area contributed by atoms with Crippen molar-refractivity contribution in [2.24, 2.45) is 5.92 Å². The molecule has 0 aliphatic heterocycles. The van der Waals surface area contributed by atoms with E-state index in [1.54, 1.807) is 51.4 Å². The molecule has 166 valence electrons. The number of aryl methyl sites for hydroxylation is 1. The summed E-state index contributed by atoms with van der Waals surface area (Å²) in [5.74, 6) is -1.51. The van der Waals surface area contributed by atoms with Crippen LogP contribution in [-0.4, -0.2) is 35.5 Å². The molecule has 8 heteroatoms. The second kappa shape index (κ2) is 9.84. The van der Waals surface area contributed by atoms with Gasteiger partial charge in [0.05, 0.1) is 15.9 Å². The van der Waals surface area contributed by atoms with Crippen molar-refractivity contribution in [3.63, 3.8) is 0 Å². The molecule has 0 spiro atoms. The van der Waals surface area contributed by atoms with Crippen molar-refractivity contribution in [2.75, 3.05) is 0 Å². The Balaban J connectivity index is 0.000000185. The highest BCUT2D eigenvalue weighted by Crippen LogP contribution is 2.20. The molecule has 2 aromatic heterocycles. The summed E-state index contributed by atoms with van der Waals surface area (Å²) in [5, 5.41) is 11.3. The molecule has 1 unspecified atom stereocenters. The van der Waals surface area contributed by atoms with Gasteiger partial charge in [0.2, 0.25) is 10.0 Å². The summed E-state index contributed by atoms with van der Waals surface area (Å²) in [5.41, 5.74) is 2.54. The minimum absolute atomic E-state index is 0.108. The molecule has 7 nitrogen and oxygen atoms in total. The Morgan fingerprint density at radius 2 is 1.41 bits per heavy atom. The van der Waals surface area contributed by atoms with Crippen molar-refractivity contribution in [3.8, 4) is 0 Å². The Bertz CT molecular complexity index is 1300. The highest BCUT2D eigenvalue weighted by atomic mass is 32.2. The molecular formula is C24H25N3O4S. The van der Waals surface area contributed by atoms with E-state index >= 15 is 0 Å². The molecule has 2 heterocycles. The SMILES string of the molecule is Cc1ccccc1S(=O)(=O)NC(C(=O)O)C(C)C.c1cnc2c(c1)ccc1cccnc12. The number of carboxylic acid groups (broad SMARTS) is 1. The summed E-state index contributed by atoms with van der Waals surface area (Å²) in [7, 11) is -3.81. The predicted molar refractivity (Wildman–Crippen MR) is 125 cm³/mol. The molecule has 0 saturated carbocycles. The third-order valence-corrected chi connectivity index (χ3v) is 6.54. The highest BCUT2D eigenvalue weighted by Gasteiger charge is 2.28. The van der Waals surface area contributed by atoms with Crippen LogP contribution in [0.1, 0.15) is 19.4 Å². The number of benzene rings is 2. The molecule has 2 aromatic carbocycles. The van der Waals surface area contributed by atoms with Crippen LogP contribution in [0.4, 0.5) is 0 Å². The number of aromatic nitrogens is 2. The fraction of sp³-hybridized carbons (Fsp3) is 0.208. The lowest BCUT2D eigenvalue weighted by molar-refractivity contribution is -0.140. The Kier molecular flexibility index (Phi) is 7.17. The average molecular weight is 452 g/mol. The zero-order valence-corrected chi connectivity index (χ0v) is 18.9. The minimum atomic E-state index is -3.81. The van der Waals surface area contributed by atoms with Gasteiger partial charge in [0.25, 0.3) is 0 Å². The van der Waals surface area contributed by atoms with Gasteiger partial charge in [-0.3, -0.25) is 14.8 Å². The number of fused-ring (bicyclic) bond motifs is 3. The molecule has 2 N–H and O–H groups in total. The number of rotatable bonds is 5. The van der Waals surface area contributed by atoms with Crippen LogP contribution in [0.3, 0.4) is 0 Å². The molecule has 32 heavy (non-hydrogen) atoms. The van der Waals surface area contributed by atoms with Gasteiger partial charge in [0, 0.05) is 23.2 Å². The van der Waals surface area contributed by atoms with Gasteiger partial charge in [0.1, 0.15) is 6.04 Å². The van der Waals surface area contributed by atoms with Crippen molar-refractivity contribution in [3.05, 3.63) is 78.6 Å². The van der Waals surface area contributed by atoms with E-state index < -0.39 is 22.0 Å². The van der Waals surface area contributed by atoms with Gasteiger partial charge >= 0.3 is 5.97 Å². The molecular weight excluding hydrogens is 426 g/mol. The predicted octanol–water partition coefficient (Wildman–Crippen LogP) is 4.17. The van der Waals surface area contributed by atoms with Crippen LogP contribution < -0.4 is 4.72 Å². The highest BCUT2D eigenvalue weighted by molar-refractivity contribution is 7.89. The van der Waals surface area contributed by atoms with Gasteiger partial charge in [-0.05, 0) is 36.6 Å². The molecule has 0 aliphatic rings. The van der Waals surface area contributed by atoms with Gasteiger partial charge in [-0.2, -0.15) is 4.72 Å². The number of carbonyl (C=O) groups is 1. The smallest absolute Gasteiger partial charge is 0.322 e. The molecule has 0 radical (unpaired) electrons. The van der Waals surface area contributed by atoms with Gasteiger partial charge in [-0.25, -0.2) is 8.42 Å². The summed E-state index contributed by atoms with van der Waals surface area (Å²) in [6, 6.07) is 17.5. The van der Waals surface area contributed by atoms with Crippen molar-refractivity contribution in [1.82, 2.24) is 14.7 Å². The number of sulfonamides is 1. The maximum atomic E-state index is 12.1. The van der Waals surface area contributed by atoms with Crippen LogP contribution in [-0.2, 0) is 14.8 Å². The second-order valence-electron chi connectivity index (χ2n) is 7.66. The van der Waals surface area contributed by atoms with E-state index in [0.29, 0.717) is 5.56 Å².